The predicted molar refractivity (Wildman–Crippen MR) is 95.6 cm³/mol. The van der Waals surface area contributed by atoms with Gasteiger partial charge in [-0.25, -0.2) is 0 Å². The number of para-hydroxylation sites is 2. The van der Waals surface area contributed by atoms with Crippen molar-refractivity contribution < 1.29 is 14.3 Å². The number of anilines is 1. The molecule has 0 aliphatic carbocycles. The molecule has 0 aromatic heterocycles. The first-order chi connectivity index (χ1) is 11.2. The molecule has 2 aromatic carbocycles. The number of nitrogens with one attached hydrogen (secondary N) is 1. The zero-order valence-corrected chi connectivity index (χ0v) is 14.2. The van der Waals surface area contributed by atoms with E-state index in [2.05, 4.69) is 5.32 Å². The summed E-state index contributed by atoms with van der Waals surface area (Å²) in [4.78, 5) is 11.9. The smallest absolute Gasteiger partial charge is 0.234 e. The Morgan fingerprint density at radius 2 is 2.00 bits per heavy atom. The average molecular weight is 331 g/mol. The molecule has 0 radical (unpaired) electrons. The molecule has 0 aliphatic rings. The van der Waals surface area contributed by atoms with Gasteiger partial charge in [0.05, 0.1) is 25.2 Å². The van der Waals surface area contributed by atoms with E-state index in [4.69, 9.17) is 9.47 Å². The lowest BCUT2D eigenvalue weighted by molar-refractivity contribution is -0.113. The molecule has 23 heavy (non-hydrogen) atoms. The lowest BCUT2D eigenvalue weighted by atomic mass is 10.2. The van der Waals surface area contributed by atoms with Crippen LogP contribution in [0.4, 0.5) is 5.69 Å². The van der Waals surface area contributed by atoms with Crippen LogP contribution in [0.15, 0.2) is 48.5 Å². The monoisotopic (exact) mass is 331 g/mol. The highest BCUT2D eigenvalue weighted by atomic mass is 32.2. The maximum absolute atomic E-state index is 11.9. The van der Waals surface area contributed by atoms with Crippen LogP contribution in [0.25, 0.3) is 0 Å². The first-order valence-corrected chi connectivity index (χ1v) is 8.54. The number of rotatable bonds is 8. The van der Waals surface area contributed by atoms with Crippen LogP contribution in [-0.4, -0.2) is 31.1 Å². The van der Waals surface area contributed by atoms with Gasteiger partial charge >= 0.3 is 0 Å². The fraction of sp³-hybridized carbons (Fsp3) is 0.278. The van der Waals surface area contributed by atoms with Crippen LogP contribution < -0.4 is 14.8 Å². The molecule has 4 nitrogen and oxygen atoms in total. The van der Waals surface area contributed by atoms with Crippen molar-refractivity contribution in [1.29, 1.82) is 0 Å². The summed E-state index contributed by atoms with van der Waals surface area (Å²) in [6, 6.07) is 15.3. The number of aryl methyl sites for hydroxylation is 1. The van der Waals surface area contributed by atoms with Gasteiger partial charge in [0.1, 0.15) is 11.5 Å². The second-order valence-electron chi connectivity index (χ2n) is 4.97. The Labute approximate surface area is 141 Å². The molecule has 0 saturated heterocycles. The van der Waals surface area contributed by atoms with Crippen LogP contribution in [0.2, 0.25) is 0 Å². The maximum Gasteiger partial charge on any atom is 0.234 e. The van der Waals surface area contributed by atoms with Gasteiger partial charge in [-0.1, -0.05) is 24.3 Å². The van der Waals surface area contributed by atoms with E-state index in [-0.39, 0.29) is 5.91 Å². The molecule has 0 unspecified atom stereocenters. The summed E-state index contributed by atoms with van der Waals surface area (Å²) >= 11 is 1.54. The molecule has 2 rings (SSSR count). The molecule has 122 valence electrons. The Morgan fingerprint density at radius 3 is 2.78 bits per heavy atom. The molecule has 0 fully saturated rings. The second-order valence-corrected chi connectivity index (χ2v) is 6.07. The summed E-state index contributed by atoms with van der Waals surface area (Å²) in [7, 11) is 1.59. The largest absolute Gasteiger partial charge is 0.495 e. The number of amides is 1. The van der Waals surface area contributed by atoms with E-state index >= 15 is 0 Å². The molecule has 0 aliphatic heterocycles. The van der Waals surface area contributed by atoms with Gasteiger partial charge in [0.25, 0.3) is 0 Å². The molecule has 1 N–H and O–H groups in total. The highest BCUT2D eigenvalue weighted by Crippen LogP contribution is 2.23. The lowest BCUT2D eigenvalue weighted by Gasteiger charge is -2.10. The number of ether oxygens (including phenoxy) is 2. The van der Waals surface area contributed by atoms with Crippen LogP contribution in [0.3, 0.4) is 0 Å². The Kier molecular flexibility index (Phi) is 6.81. The number of carbonyl (C=O) groups excluding carboxylic acids is 1. The SMILES string of the molecule is COc1ccccc1NC(=O)CSCCOc1cccc(C)c1. The van der Waals surface area contributed by atoms with Gasteiger partial charge in [0.15, 0.2) is 0 Å². The third-order valence-electron chi connectivity index (χ3n) is 3.10. The van der Waals surface area contributed by atoms with Crippen molar-refractivity contribution in [3.63, 3.8) is 0 Å². The van der Waals surface area contributed by atoms with Gasteiger partial charge in [-0.2, -0.15) is 0 Å². The number of hydrogen-bond acceptors (Lipinski definition) is 4. The van der Waals surface area contributed by atoms with Crippen molar-refractivity contribution in [2.24, 2.45) is 0 Å². The minimum atomic E-state index is -0.0462. The molecular weight excluding hydrogens is 310 g/mol. The Balaban J connectivity index is 1.67. The quantitative estimate of drug-likeness (QED) is 0.748. The van der Waals surface area contributed by atoms with E-state index < -0.39 is 0 Å². The van der Waals surface area contributed by atoms with E-state index in [9.17, 15) is 4.79 Å². The van der Waals surface area contributed by atoms with Crippen molar-refractivity contribution in [3.05, 3.63) is 54.1 Å². The second kappa shape index (κ2) is 9.10. The summed E-state index contributed by atoms with van der Waals surface area (Å²) in [5, 5.41) is 2.85. The van der Waals surface area contributed by atoms with E-state index in [1.807, 2.05) is 55.5 Å². The van der Waals surface area contributed by atoms with Crippen molar-refractivity contribution in [2.75, 3.05) is 30.5 Å². The van der Waals surface area contributed by atoms with Crippen LogP contribution in [0.5, 0.6) is 11.5 Å². The fourth-order valence-corrected chi connectivity index (χ4v) is 2.63. The molecule has 1 amide bonds. The van der Waals surface area contributed by atoms with Crippen LogP contribution in [0.1, 0.15) is 5.56 Å². The van der Waals surface area contributed by atoms with Crippen molar-refractivity contribution in [3.8, 4) is 11.5 Å². The van der Waals surface area contributed by atoms with Crippen LogP contribution >= 0.6 is 11.8 Å². The molecule has 5 heteroatoms. The van der Waals surface area contributed by atoms with Gasteiger partial charge < -0.3 is 14.8 Å². The molecular formula is C18H21NO3S. The van der Waals surface area contributed by atoms with E-state index in [1.165, 1.54) is 17.3 Å². The molecule has 0 saturated carbocycles. The van der Waals surface area contributed by atoms with Crippen LogP contribution in [-0.2, 0) is 4.79 Å². The number of methoxy groups -OCH3 is 1. The Bertz CT molecular complexity index is 646. The topological polar surface area (TPSA) is 47.6 Å². The van der Waals surface area contributed by atoms with Crippen molar-refractivity contribution in [1.82, 2.24) is 0 Å². The molecule has 0 spiro atoms. The predicted octanol–water partition coefficient (Wildman–Crippen LogP) is 3.75. The van der Waals surface area contributed by atoms with Gasteiger partial charge in [-0.05, 0) is 36.8 Å². The van der Waals surface area contributed by atoms with E-state index in [0.29, 0.717) is 23.8 Å². The molecule has 2 aromatic rings. The summed E-state index contributed by atoms with van der Waals surface area (Å²) in [5.74, 6) is 2.62. The number of thioether (sulfide) groups is 1. The highest BCUT2D eigenvalue weighted by molar-refractivity contribution is 7.99. The zero-order chi connectivity index (χ0) is 16.5. The first-order valence-electron chi connectivity index (χ1n) is 7.39. The third kappa shape index (κ3) is 5.87. The minimum Gasteiger partial charge on any atom is -0.495 e. The van der Waals surface area contributed by atoms with Gasteiger partial charge in [0, 0.05) is 5.75 Å². The van der Waals surface area contributed by atoms with Crippen molar-refractivity contribution in [2.45, 2.75) is 6.92 Å². The number of benzene rings is 2. The van der Waals surface area contributed by atoms with Gasteiger partial charge in [-0.15, -0.1) is 11.8 Å². The third-order valence-corrected chi connectivity index (χ3v) is 4.02. The molecule has 0 atom stereocenters. The van der Waals surface area contributed by atoms with Crippen LogP contribution in [0, 0.1) is 6.92 Å². The van der Waals surface area contributed by atoms with Crippen molar-refractivity contribution >= 4 is 23.4 Å². The summed E-state index contributed by atoms with van der Waals surface area (Å²) in [6.45, 7) is 2.61. The highest BCUT2D eigenvalue weighted by Gasteiger charge is 2.06. The van der Waals surface area contributed by atoms with E-state index in [0.717, 1.165) is 11.5 Å². The zero-order valence-electron chi connectivity index (χ0n) is 13.4. The Morgan fingerprint density at radius 1 is 1.17 bits per heavy atom. The standard InChI is InChI=1S/C18H21NO3S/c1-14-6-5-7-15(12-14)22-10-11-23-13-18(20)19-16-8-3-4-9-17(16)21-2/h3-9,12H,10-11,13H2,1-2H3,(H,19,20). The fourth-order valence-electron chi connectivity index (χ4n) is 2.02. The normalized spacial score (nSPS) is 10.2. The summed E-state index contributed by atoms with van der Waals surface area (Å²) in [5.41, 5.74) is 1.86. The minimum absolute atomic E-state index is 0.0462. The number of hydrogen-bond donors (Lipinski definition) is 1. The van der Waals surface area contributed by atoms with Gasteiger partial charge in [0.2, 0.25) is 5.91 Å². The molecule has 0 bridgehead atoms. The van der Waals surface area contributed by atoms with E-state index in [1.54, 1.807) is 7.11 Å². The Hall–Kier alpha value is -2.14. The first kappa shape index (κ1) is 17.2. The lowest BCUT2D eigenvalue weighted by Crippen LogP contribution is -2.15. The number of carbonyl (C=O) groups is 1. The molecule has 0 heterocycles. The average Bonchev–Trinajstić information content (AvgIpc) is 2.55. The summed E-state index contributed by atoms with van der Waals surface area (Å²) < 4.78 is 10.9. The summed E-state index contributed by atoms with van der Waals surface area (Å²) in [6.07, 6.45) is 0. The van der Waals surface area contributed by atoms with Gasteiger partial charge in [-0.3, -0.25) is 4.79 Å². The maximum atomic E-state index is 11.9.